The van der Waals surface area contributed by atoms with Crippen molar-refractivity contribution in [2.75, 3.05) is 6.54 Å². The van der Waals surface area contributed by atoms with E-state index in [4.69, 9.17) is 11.6 Å². The molecule has 0 saturated heterocycles. The fourth-order valence-electron chi connectivity index (χ4n) is 2.36. The van der Waals surface area contributed by atoms with Crippen LogP contribution < -0.4 is 10.9 Å². The highest BCUT2D eigenvalue weighted by molar-refractivity contribution is 6.30. The summed E-state index contributed by atoms with van der Waals surface area (Å²) >= 11 is 5.79. The fraction of sp³-hybridized carbons (Fsp3) is 0.105. The summed E-state index contributed by atoms with van der Waals surface area (Å²) in [6.45, 7) is 0.453. The van der Waals surface area contributed by atoms with E-state index in [1.54, 1.807) is 42.5 Å². The van der Waals surface area contributed by atoms with Crippen LogP contribution in [0.5, 0.6) is 0 Å². The van der Waals surface area contributed by atoms with Gasteiger partial charge in [-0.25, -0.2) is 9.07 Å². The van der Waals surface area contributed by atoms with Gasteiger partial charge in [0.2, 0.25) is 0 Å². The van der Waals surface area contributed by atoms with Crippen LogP contribution in [-0.4, -0.2) is 22.2 Å². The van der Waals surface area contributed by atoms with E-state index in [1.807, 2.05) is 0 Å². The average molecular weight is 372 g/mol. The van der Waals surface area contributed by atoms with E-state index in [1.165, 1.54) is 22.9 Å². The summed E-state index contributed by atoms with van der Waals surface area (Å²) in [5.74, 6) is -0.601. The van der Waals surface area contributed by atoms with Crippen LogP contribution in [-0.2, 0) is 6.54 Å². The Morgan fingerprint density at radius 3 is 2.42 bits per heavy atom. The largest absolute Gasteiger partial charge is 0.350 e. The molecule has 0 bridgehead atoms. The van der Waals surface area contributed by atoms with E-state index in [0.29, 0.717) is 21.8 Å². The molecule has 3 rings (SSSR count). The van der Waals surface area contributed by atoms with Gasteiger partial charge in [-0.2, -0.15) is 5.10 Å². The molecule has 26 heavy (non-hydrogen) atoms. The molecule has 0 aliphatic rings. The third-order valence-electron chi connectivity index (χ3n) is 3.72. The van der Waals surface area contributed by atoms with Gasteiger partial charge < -0.3 is 5.32 Å². The molecule has 0 atom stereocenters. The first-order chi connectivity index (χ1) is 12.5. The summed E-state index contributed by atoms with van der Waals surface area (Å²) in [5, 5.41) is 7.55. The number of halogens is 2. The zero-order chi connectivity index (χ0) is 18.5. The van der Waals surface area contributed by atoms with Crippen molar-refractivity contribution >= 4 is 17.5 Å². The molecule has 1 heterocycles. The van der Waals surface area contributed by atoms with Gasteiger partial charge in [-0.05, 0) is 54.6 Å². The minimum Gasteiger partial charge on any atom is -0.350 e. The zero-order valence-electron chi connectivity index (χ0n) is 13.7. The molecule has 0 unspecified atom stereocenters. The predicted molar refractivity (Wildman–Crippen MR) is 97.7 cm³/mol. The number of carbonyl (C=O) groups is 1. The Labute approximate surface area is 154 Å². The molecule has 0 aliphatic carbocycles. The Morgan fingerprint density at radius 1 is 1.04 bits per heavy atom. The standard InChI is InChI=1S/C19H15ClFN3O2/c20-15-5-1-14(2-6-15)19(26)22-11-12-24-18(25)10-9-17(23-24)13-3-7-16(21)8-4-13/h1-10H,11-12H2,(H,22,26). The molecule has 0 spiro atoms. The van der Waals surface area contributed by atoms with Crippen molar-refractivity contribution in [3.05, 3.63) is 87.4 Å². The quantitative estimate of drug-likeness (QED) is 0.749. The van der Waals surface area contributed by atoms with Crippen molar-refractivity contribution < 1.29 is 9.18 Å². The van der Waals surface area contributed by atoms with Crippen LogP contribution in [0, 0.1) is 5.82 Å². The number of hydrogen-bond donors (Lipinski definition) is 1. The SMILES string of the molecule is O=C(NCCn1nc(-c2ccc(F)cc2)ccc1=O)c1ccc(Cl)cc1. The Morgan fingerprint density at radius 2 is 1.73 bits per heavy atom. The van der Waals surface area contributed by atoms with E-state index < -0.39 is 0 Å². The number of hydrogen-bond acceptors (Lipinski definition) is 3. The van der Waals surface area contributed by atoms with Crippen molar-refractivity contribution in [3.63, 3.8) is 0 Å². The van der Waals surface area contributed by atoms with Crippen LogP contribution in [0.3, 0.4) is 0 Å². The molecule has 7 heteroatoms. The van der Waals surface area contributed by atoms with Crippen LogP contribution in [0.25, 0.3) is 11.3 Å². The number of nitrogens with one attached hydrogen (secondary N) is 1. The molecular weight excluding hydrogens is 357 g/mol. The molecule has 1 aromatic heterocycles. The lowest BCUT2D eigenvalue weighted by atomic mass is 10.1. The lowest BCUT2D eigenvalue weighted by Gasteiger charge is -2.09. The highest BCUT2D eigenvalue weighted by Gasteiger charge is 2.07. The molecule has 1 N–H and O–H groups in total. The number of rotatable bonds is 5. The van der Waals surface area contributed by atoms with Crippen molar-refractivity contribution in [1.29, 1.82) is 0 Å². The maximum Gasteiger partial charge on any atom is 0.266 e. The first-order valence-electron chi connectivity index (χ1n) is 7.91. The first-order valence-corrected chi connectivity index (χ1v) is 8.28. The Hall–Kier alpha value is -2.99. The second-order valence-corrected chi connectivity index (χ2v) is 5.99. The van der Waals surface area contributed by atoms with Gasteiger partial charge in [-0.15, -0.1) is 0 Å². The molecular formula is C19H15ClFN3O2. The van der Waals surface area contributed by atoms with Crippen molar-refractivity contribution in [2.45, 2.75) is 6.54 Å². The third-order valence-corrected chi connectivity index (χ3v) is 3.97. The van der Waals surface area contributed by atoms with Crippen LogP contribution in [0.1, 0.15) is 10.4 Å². The van der Waals surface area contributed by atoms with E-state index in [0.717, 1.165) is 0 Å². The summed E-state index contributed by atoms with van der Waals surface area (Å²) in [7, 11) is 0. The predicted octanol–water partition coefficient (Wildman–Crippen LogP) is 3.13. The Balaban J connectivity index is 1.67. The minimum atomic E-state index is -0.341. The maximum absolute atomic E-state index is 13.0. The summed E-state index contributed by atoms with van der Waals surface area (Å²) in [5.41, 5.74) is 1.45. The van der Waals surface area contributed by atoms with E-state index in [2.05, 4.69) is 10.4 Å². The summed E-state index contributed by atoms with van der Waals surface area (Å²) in [6, 6.07) is 15.3. The number of amides is 1. The Kier molecular flexibility index (Phi) is 5.43. The zero-order valence-corrected chi connectivity index (χ0v) is 14.4. The van der Waals surface area contributed by atoms with Crippen molar-refractivity contribution in [2.24, 2.45) is 0 Å². The van der Waals surface area contributed by atoms with Gasteiger partial charge in [0.05, 0.1) is 12.2 Å². The van der Waals surface area contributed by atoms with Crippen molar-refractivity contribution in [1.82, 2.24) is 15.1 Å². The van der Waals surface area contributed by atoms with E-state index >= 15 is 0 Å². The van der Waals surface area contributed by atoms with Gasteiger partial charge in [-0.3, -0.25) is 9.59 Å². The van der Waals surface area contributed by atoms with Crippen molar-refractivity contribution in [3.8, 4) is 11.3 Å². The summed E-state index contributed by atoms with van der Waals surface area (Å²) in [6.07, 6.45) is 0. The average Bonchev–Trinajstić information content (AvgIpc) is 2.64. The van der Waals surface area contributed by atoms with Gasteiger partial charge in [0, 0.05) is 28.8 Å². The minimum absolute atomic E-state index is 0.215. The molecule has 1 amide bonds. The van der Waals surface area contributed by atoms with Gasteiger partial charge in [0.25, 0.3) is 11.5 Å². The van der Waals surface area contributed by atoms with Crippen LogP contribution in [0.2, 0.25) is 5.02 Å². The molecule has 132 valence electrons. The molecule has 0 aliphatic heterocycles. The number of nitrogens with zero attached hydrogens (tertiary/aromatic N) is 2. The Bertz CT molecular complexity index is 969. The molecule has 5 nitrogen and oxygen atoms in total. The highest BCUT2D eigenvalue weighted by atomic mass is 35.5. The summed E-state index contributed by atoms with van der Waals surface area (Å²) < 4.78 is 14.3. The lowest BCUT2D eigenvalue weighted by Crippen LogP contribution is -2.31. The van der Waals surface area contributed by atoms with Gasteiger partial charge in [0.1, 0.15) is 5.82 Å². The monoisotopic (exact) mass is 371 g/mol. The normalized spacial score (nSPS) is 10.5. The molecule has 0 fully saturated rings. The smallest absolute Gasteiger partial charge is 0.266 e. The topological polar surface area (TPSA) is 64.0 Å². The maximum atomic E-state index is 13.0. The lowest BCUT2D eigenvalue weighted by molar-refractivity contribution is 0.0952. The molecule has 0 radical (unpaired) electrons. The first kappa shape index (κ1) is 17.8. The summed E-state index contributed by atoms with van der Waals surface area (Å²) in [4.78, 5) is 24.0. The second kappa shape index (κ2) is 7.93. The molecule has 0 saturated carbocycles. The van der Waals surface area contributed by atoms with Crippen LogP contribution in [0.4, 0.5) is 4.39 Å². The van der Waals surface area contributed by atoms with Gasteiger partial charge in [0.15, 0.2) is 0 Å². The number of aromatic nitrogens is 2. The van der Waals surface area contributed by atoms with Gasteiger partial charge in [-0.1, -0.05) is 11.6 Å². The fourth-order valence-corrected chi connectivity index (χ4v) is 2.49. The van der Waals surface area contributed by atoms with Crippen LogP contribution >= 0.6 is 11.6 Å². The number of carbonyl (C=O) groups excluding carboxylic acids is 1. The highest BCUT2D eigenvalue weighted by Crippen LogP contribution is 2.15. The van der Waals surface area contributed by atoms with E-state index in [-0.39, 0.29) is 30.4 Å². The van der Waals surface area contributed by atoms with Gasteiger partial charge >= 0.3 is 0 Å². The molecule has 3 aromatic rings. The second-order valence-electron chi connectivity index (χ2n) is 5.55. The van der Waals surface area contributed by atoms with Crippen LogP contribution in [0.15, 0.2) is 65.5 Å². The van der Waals surface area contributed by atoms with E-state index in [9.17, 15) is 14.0 Å². The molecule has 2 aromatic carbocycles. The third kappa shape index (κ3) is 4.34. The number of benzene rings is 2.